The highest BCUT2D eigenvalue weighted by atomic mass is 32.2. The molecule has 162 valence electrons. The van der Waals surface area contributed by atoms with Crippen molar-refractivity contribution in [1.29, 1.82) is 0 Å². The van der Waals surface area contributed by atoms with Crippen molar-refractivity contribution in [2.24, 2.45) is 0 Å². The van der Waals surface area contributed by atoms with Crippen LogP contribution < -0.4 is 14.2 Å². The minimum absolute atomic E-state index is 0.0622. The number of sulfonamides is 2. The lowest BCUT2D eigenvalue weighted by Crippen LogP contribution is -2.15. The summed E-state index contributed by atoms with van der Waals surface area (Å²) in [5, 5.41) is 11.0. The summed E-state index contributed by atoms with van der Waals surface area (Å²) in [6.07, 6.45) is 0. The first-order valence-corrected chi connectivity index (χ1v) is 11.6. The fourth-order valence-electron chi connectivity index (χ4n) is 2.62. The first kappa shape index (κ1) is 22.1. The largest absolute Gasteiger partial charge is 0.495 e. The summed E-state index contributed by atoms with van der Waals surface area (Å²) in [7, 11) is -6.89. The third-order valence-electron chi connectivity index (χ3n) is 4.09. The van der Waals surface area contributed by atoms with E-state index < -0.39 is 35.6 Å². The summed E-state index contributed by atoms with van der Waals surface area (Å²) in [5.41, 5.74) is 0.0202. The van der Waals surface area contributed by atoms with E-state index in [0.717, 1.165) is 12.1 Å². The SMILES string of the molecule is COc1ccc([N+](=O)[O-])cc1S(=O)(=O)Nc1ccc(S(=O)(=O)Nc2ccccc2)cc1. The molecule has 0 aromatic heterocycles. The van der Waals surface area contributed by atoms with Gasteiger partial charge in [-0.3, -0.25) is 19.6 Å². The molecule has 0 unspecified atom stereocenters. The Bertz CT molecular complexity index is 1310. The van der Waals surface area contributed by atoms with Gasteiger partial charge in [-0.2, -0.15) is 0 Å². The van der Waals surface area contributed by atoms with E-state index in [9.17, 15) is 26.9 Å². The highest BCUT2D eigenvalue weighted by Crippen LogP contribution is 2.30. The van der Waals surface area contributed by atoms with E-state index in [1.165, 1.54) is 37.4 Å². The fraction of sp³-hybridized carbons (Fsp3) is 0.0526. The summed E-state index contributed by atoms with van der Waals surface area (Å²) >= 11 is 0. The number of nitro groups is 1. The highest BCUT2D eigenvalue weighted by Gasteiger charge is 2.23. The molecule has 0 fully saturated rings. The summed E-state index contributed by atoms with van der Waals surface area (Å²) in [6.45, 7) is 0. The van der Waals surface area contributed by atoms with Gasteiger partial charge in [0.1, 0.15) is 10.6 Å². The Balaban J connectivity index is 1.85. The van der Waals surface area contributed by atoms with E-state index in [0.29, 0.717) is 5.69 Å². The third-order valence-corrected chi connectivity index (χ3v) is 6.89. The second-order valence-electron chi connectivity index (χ2n) is 6.19. The van der Waals surface area contributed by atoms with Gasteiger partial charge in [-0.05, 0) is 42.5 Å². The normalized spacial score (nSPS) is 11.5. The highest BCUT2D eigenvalue weighted by molar-refractivity contribution is 7.93. The van der Waals surface area contributed by atoms with Gasteiger partial charge in [-0.25, -0.2) is 16.8 Å². The smallest absolute Gasteiger partial charge is 0.271 e. The zero-order valence-electron chi connectivity index (χ0n) is 16.0. The fourth-order valence-corrected chi connectivity index (χ4v) is 4.93. The van der Waals surface area contributed by atoms with Gasteiger partial charge in [0.05, 0.1) is 16.9 Å². The number of hydrogen-bond acceptors (Lipinski definition) is 7. The van der Waals surface area contributed by atoms with Gasteiger partial charge in [0, 0.05) is 23.5 Å². The molecule has 0 spiro atoms. The molecule has 0 heterocycles. The molecule has 0 amide bonds. The molecule has 0 aliphatic rings. The molecule has 10 nitrogen and oxygen atoms in total. The Kier molecular flexibility index (Phi) is 6.13. The number of nitro benzene ring substituents is 1. The number of benzene rings is 3. The lowest BCUT2D eigenvalue weighted by molar-refractivity contribution is -0.385. The van der Waals surface area contributed by atoms with Crippen molar-refractivity contribution in [3.63, 3.8) is 0 Å². The van der Waals surface area contributed by atoms with Crippen LogP contribution in [0.5, 0.6) is 5.75 Å². The van der Waals surface area contributed by atoms with Crippen LogP contribution in [0.3, 0.4) is 0 Å². The number of nitrogens with one attached hydrogen (secondary N) is 2. The quantitative estimate of drug-likeness (QED) is 0.385. The van der Waals surface area contributed by atoms with Crippen molar-refractivity contribution in [1.82, 2.24) is 0 Å². The van der Waals surface area contributed by atoms with Crippen LogP contribution in [-0.2, 0) is 20.0 Å². The van der Waals surface area contributed by atoms with E-state index in [2.05, 4.69) is 9.44 Å². The average molecular weight is 463 g/mol. The van der Waals surface area contributed by atoms with Gasteiger partial charge in [0.15, 0.2) is 0 Å². The Morgan fingerprint density at radius 1 is 0.806 bits per heavy atom. The monoisotopic (exact) mass is 463 g/mol. The molecule has 12 heteroatoms. The van der Waals surface area contributed by atoms with Crippen LogP contribution in [-0.4, -0.2) is 28.9 Å². The minimum Gasteiger partial charge on any atom is -0.495 e. The molecule has 2 N–H and O–H groups in total. The third kappa shape index (κ3) is 5.10. The maximum absolute atomic E-state index is 12.7. The maximum Gasteiger partial charge on any atom is 0.271 e. The van der Waals surface area contributed by atoms with E-state index in [1.807, 2.05) is 0 Å². The van der Waals surface area contributed by atoms with Crippen LogP contribution >= 0.6 is 0 Å². The van der Waals surface area contributed by atoms with Crippen LogP contribution in [0.25, 0.3) is 0 Å². The van der Waals surface area contributed by atoms with Gasteiger partial charge < -0.3 is 4.74 Å². The molecule has 0 aliphatic carbocycles. The molecule has 0 radical (unpaired) electrons. The van der Waals surface area contributed by atoms with Crippen molar-refractivity contribution in [3.05, 3.63) is 82.9 Å². The van der Waals surface area contributed by atoms with Crippen molar-refractivity contribution < 1.29 is 26.5 Å². The van der Waals surface area contributed by atoms with Gasteiger partial charge in [-0.15, -0.1) is 0 Å². The molecule has 0 saturated heterocycles. The van der Waals surface area contributed by atoms with Crippen molar-refractivity contribution in [2.75, 3.05) is 16.6 Å². The van der Waals surface area contributed by atoms with E-state index in [4.69, 9.17) is 4.74 Å². The number of hydrogen-bond donors (Lipinski definition) is 2. The Morgan fingerprint density at radius 3 is 1.97 bits per heavy atom. The number of non-ortho nitro benzene ring substituents is 1. The van der Waals surface area contributed by atoms with E-state index in [-0.39, 0.29) is 16.3 Å². The molecular formula is C19H17N3O7S2. The molecule has 0 saturated carbocycles. The number of methoxy groups -OCH3 is 1. The van der Waals surface area contributed by atoms with E-state index in [1.54, 1.807) is 30.3 Å². The second-order valence-corrected chi connectivity index (χ2v) is 9.53. The Hall–Kier alpha value is -3.64. The topological polar surface area (TPSA) is 145 Å². The lowest BCUT2D eigenvalue weighted by atomic mass is 10.3. The number of para-hydroxylation sites is 1. The number of nitrogens with zero attached hydrogens (tertiary/aromatic N) is 1. The van der Waals surface area contributed by atoms with Gasteiger partial charge in [-0.1, -0.05) is 18.2 Å². The Morgan fingerprint density at radius 2 is 1.39 bits per heavy atom. The molecular weight excluding hydrogens is 446 g/mol. The summed E-state index contributed by atoms with van der Waals surface area (Å²) in [6, 6.07) is 16.5. The molecule has 0 atom stereocenters. The predicted octanol–water partition coefficient (Wildman–Crippen LogP) is 3.21. The van der Waals surface area contributed by atoms with Gasteiger partial charge in [0.25, 0.3) is 25.7 Å². The van der Waals surface area contributed by atoms with Gasteiger partial charge in [0.2, 0.25) is 0 Å². The molecule has 3 aromatic carbocycles. The molecule has 0 bridgehead atoms. The van der Waals surface area contributed by atoms with Gasteiger partial charge >= 0.3 is 0 Å². The molecule has 0 aliphatic heterocycles. The first-order chi connectivity index (χ1) is 14.6. The van der Waals surface area contributed by atoms with Crippen LogP contribution in [0.4, 0.5) is 17.1 Å². The number of rotatable bonds is 8. The zero-order valence-corrected chi connectivity index (χ0v) is 17.7. The second kappa shape index (κ2) is 8.62. The predicted molar refractivity (Wildman–Crippen MR) is 114 cm³/mol. The van der Waals surface area contributed by atoms with Crippen LogP contribution in [0.2, 0.25) is 0 Å². The minimum atomic E-state index is -4.25. The zero-order chi connectivity index (χ0) is 22.6. The van der Waals surface area contributed by atoms with Crippen molar-refractivity contribution in [2.45, 2.75) is 9.79 Å². The Labute approximate surface area is 178 Å². The average Bonchev–Trinajstić information content (AvgIpc) is 2.73. The standard InChI is InChI=1S/C19H17N3O7S2/c1-29-18-12-9-16(22(23)24)13-19(18)31(27,28)21-15-7-10-17(11-8-15)30(25,26)20-14-5-3-2-4-6-14/h2-13,20-21H,1H3. The van der Waals surface area contributed by atoms with Crippen LogP contribution in [0.15, 0.2) is 82.6 Å². The van der Waals surface area contributed by atoms with Crippen LogP contribution in [0.1, 0.15) is 0 Å². The lowest BCUT2D eigenvalue weighted by Gasteiger charge is -2.12. The first-order valence-electron chi connectivity index (χ1n) is 8.65. The van der Waals surface area contributed by atoms with E-state index >= 15 is 0 Å². The van der Waals surface area contributed by atoms with Crippen LogP contribution in [0, 0.1) is 10.1 Å². The number of anilines is 2. The maximum atomic E-state index is 12.7. The summed E-state index contributed by atoms with van der Waals surface area (Å²) in [4.78, 5) is 9.76. The molecule has 31 heavy (non-hydrogen) atoms. The molecule has 3 rings (SSSR count). The molecule has 3 aromatic rings. The van der Waals surface area contributed by atoms with Crippen molar-refractivity contribution in [3.8, 4) is 5.75 Å². The number of ether oxygens (including phenoxy) is 1. The summed E-state index contributed by atoms with van der Waals surface area (Å²) in [5.74, 6) is -0.0793. The van der Waals surface area contributed by atoms with Crippen molar-refractivity contribution >= 4 is 37.1 Å². The summed E-state index contributed by atoms with van der Waals surface area (Å²) < 4.78 is 60.1.